The molecule has 0 aromatic carbocycles. The van der Waals surface area contributed by atoms with Gasteiger partial charge in [0, 0.05) is 11.9 Å². The Morgan fingerprint density at radius 3 is 2.80 bits per heavy atom. The van der Waals surface area contributed by atoms with Crippen molar-refractivity contribution >= 4 is 23.4 Å². The molecular formula is C11H15ClN2S. The van der Waals surface area contributed by atoms with Gasteiger partial charge >= 0.3 is 0 Å². The van der Waals surface area contributed by atoms with E-state index in [1.165, 1.54) is 12.8 Å². The van der Waals surface area contributed by atoms with Crippen LogP contribution in [0, 0.1) is 5.41 Å². The maximum atomic E-state index is 5.78. The minimum absolute atomic E-state index is 0.515. The predicted octanol–water partition coefficient (Wildman–Crippen LogP) is 2.96. The van der Waals surface area contributed by atoms with Gasteiger partial charge in [-0.25, -0.2) is 4.98 Å². The summed E-state index contributed by atoms with van der Waals surface area (Å²) in [5.74, 6) is 1.14. The molecule has 2 N–H and O–H groups in total. The standard InChI is InChI=1S/C11H15ClN2S/c12-9-1-2-10(14-7-9)15-8-11(3-4-11)5-6-13/h1-2,7H,3-6,8,13H2. The second-order valence-corrected chi connectivity index (χ2v) is 5.57. The number of hydrogen-bond donors (Lipinski definition) is 1. The maximum absolute atomic E-state index is 5.78. The van der Waals surface area contributed by atoms with Gasteiger partial charge in [0.25, 0.3) is 0 Å². The van der Waals surface area contributed by atoms with Gasteiger partial charge in [0.2, 0.25) is 0 Å². The second kappa shape index (κ2) is 4.73. The third-order valence-corrected chi connectivity index (χ3v) is 4.38. The van der Waals surface area contributed by atoms with E-state index in [0.717, 1.165) is 23.7 Å². The molecule has 0 bridgehead atoms. The molecule has 1 aromatic heterocycles. The molecule has 0 aliphatic heterocycles. The van der Waals surface area contributed by atoms with Crippen LogP contribution in [0.2, 0.25) is 5.02 Å². The average molecular weight is 243 g/mol. The van der Waals surface area contributed by atoms with Gasteiger partial charge in [-0.2, -0.15) is 0 Å². The molecule has 0 atom stereocenters. The molecule has 82 valence electrons. The first-order valence-corrected chi connectivity index (χ1v) is 6.55. The van der Waals surface area contributed by atoms with Crippen LogP contribution in [0.25, 0.3) is 0 Å². The molecule has 0 spiro atoms. The number of aromatic nitrogens is 1. The Hall–Kier alpha value is -0.250. The number of pyridine rings is 1. The van der Waals surface area contributed by atoms with Gasteiger partial charge in [0.15, 0.2) is 0 Å². The number of nitrogens with two attached hydrogens (primary N) is 1. The average Bonchev–Trinajstić information content (AvgIpc) is 2.99. The smallest absolute Gasteiger partial charge is 0.0961 e. The van der Waals surface area contributed by atoms with Crippen LogP contribution in [-0.4, -0.2) is 17.3 Å². The van der Waals surface area contributed by atoms with Crippen LogP contribution < -0.4 is 5.73 Å². The lowest BCUT2D eigenvalue weighted by Gasteiger charge is -2.12. The third-order valence-electron chi connectivity index (χ3n) is 2.86. The van der Waals surface area contributed by atoms with E-state index in [9.17, 15) is 0 Å². The topological polar surface area (TPSA) is 38.9 Å². The molecule has 0 unspecified atom stereocenters. The highest BCUT2D eigenvalue weighted by Crippen LogP contribution is 2.51. The Balaban J connectivity index is 1.85. The van der Waals surface area contributed by atoms with Crippen LogP contribution in [0.4, 0.5) is 0 Å². The van der Waals surface area contributed by atoms with Gasteiger partial charge in [0.05, 0.1) is 10.0 Å². The van der Waals surface area contributed by atoms with Crippen molar-refractivity contribution in [3.8, 4) is 0 Å². The van der Waals surface area contributed by atoms with Crippen molar-refractivity contribution in [2.75, 3.05) is 12.3 Å². The largest absolute Gasteiger partial charge is 0.330 e. The Bertz CT molecular complexity index is 322. The molecule has 2 nitrogen and oxygen atoms in total. The summed E-state index contributed by atoms with van der Waals surface area (Å²) in [5.41, 5.74) is 6.12. The van der Waals surface area contributed by atoms with E-state index in [0.29, 0.717) is 10.4 Å². The van der Waals surface area contributed by atoms with E-state index in [1.807, 2.05) is 23.9 Å². The zero-order valence-corrected chi connectivity index (χ0v) is 10.2. The number of nitrogens with zero attached hydrogens (tertiary/aromatic N) is 1. The molecule has 15 heavy (non-hydrogen) atoms. The first kappa shape index (κ1) is 11.2. The summed E-state index contributed by atoms with van der Waals surface area (Å²) >= 11 is 7.59. The Morgan fingerprint density at radius 2 is 2.27 bits per heavy atom. The van der Waals surface area contributed by atoms with Crippen LogP contribution in [0.5, 0.6) is 0 Å². The van der Waals surface area contributed by atoms with Crippen molar-refractivity contribution in [3.05, 3.63) is 23.4 Å². The van der Waals surface area contributed by atoms with Crippen LogP contribution in [-0.2, 0) is 0 Å². The van der Waals surface area contributed by atoms with Crippen molar-refractivity contribution in [1.82, 2.24) is 4.98 Å². The predicted molar refractivity (Wildman–Crippen MR) is 65.3 cm³/mol. The van der Waals surface area contributed by atoms with E-state index >= 15 is 0 Å². The normalized spacial score (nSPS) is 17.7. The van der Waals surface area contributed by atoms with Crippen LogP contribution >= 0.6 is 23.4 Å². The number of thioether (sulfide) groups is 1. The molecule has 4 heteroatoms. The zero-order valence-electron chi connectivity index (χ0n) is 8.58. The highest BCUT2D eigenvalue weighted by Gasteiger charge is 2.41. The van der Waals surface area contributed by atoms with Gasteiger partial charge in [-0.3, -0.25) is 0 Å². The summed E-state index contributed by atoms with van der Waals surface area (Å²) in [4.78, 5) is 4.27. The van der Waals surface area contributed by atoms with Gasteiger partial charge < -0.3 is 5.73 Å². The van der Waals surface area contributed by atoms with Crippen molar-refractivity contribution in [3.63, 3.8) is 0 Å². The molecule has 1 fully saturated rings. The van der Waals surface area contributed by atoms with E-state index in [-0.39, 0.29) is 0 Å². The highest BCUT2D eigenvalue weighted by atomic mass is 35.5. The number of hydrogen-bond acceptors (Lipinski definition) is 3. The number of rotatable bonds is 5. The Labute approximate surface area is 99.6 Å². The third kappa shape index (κ3) is 3.10. The monoisotopic (exact) mass is 242 g/mol. The summed E-state index contributed by atoms with van der Waals surface area (Å²) in [6, 6.07) is 3.87. The second-order valence-electron chi connectivity index (χ2n) is 4.14. The summed E-state index contributed by atoms with van der Waals surface area (Å²) in [7, 11) is 0. The fourth-order valence-electron chi connectivity index (χ4n) is 1.62. The molecule has 1 saturated carbocycles. The first-order chi connectivity index (χ1) is 7.24. The fourth-order valence-corrected chi connectivity index (χ4v) is 2.91. The molecule has 0 saturated heterocycles. The van der Waals surface area contributed by atoms with E-state index < -0.39 is 0 Å². The number of halogens is 1. The summed E-state index contributed by atoms with van der Waals surface area (Å²) in [6.07, 6.45) is 5.50. The van der Waals surface area contributed by atoms with E-state index in [1.54, 1.807) is 6.20 Å². The molecule has 1 aliphatic rings. The zero-order chi connectivity index (χ0) is 10.7. The lowest BCUT2D eigenvalue weighted by Crippen LogP contribution is -2.11. The minimum atomic E-state index is 0.515. The van der Waals surface area contributed by atoms with Gasteiger partial charge in [0.1, 0.15) is 0 Å². The van der Waals surface area contributed by atoms with Gasteiger partial charge in [-0.15, -0.1) is 11.8 Å². The summed E-state index contributed by atoms with van der Waals surface area (Å²) in [6.45, 7) is 0.800. The van der Waals surface area contributed by atoms with Gasteiger partial charge in [-0.05, 0) is 43.4 Å². The molecule has 1 heterocycles. The molecular weight excluding hydrogens is 228 g/mol. The van der Waals surface area contributed by atoms with Crippen molar-refractivity contribution in [2.24, 2.45) is 11.1 Å². The molecule has 0 amide bonds. The molecule has 1 aromatic rings. The van der Waals surface area contributed by atoms with E-state index in [4.69, 9.17) is 17.3 Å². The van der Waals surface area contributed by atoms with Crippen LogP contribution in [0.1, 0.15) is 19.3 Å². The summed E-state index contributed by atoms with van der Waals surface area (Å²) < 4.78 is 0. The lowest BCUT2D eigenvalue weighted by molar-refractivity contribution is 0.537. The van der Waals surface area contributed by atoms with Crippen molar-refractivity contribution in [2.45, 2.75) is 24.3 Å². The molecule has 2 rings (SSSR count). The van der Waals surface area contributed by atoms with Crippen molar-refractivity contribution in [1.29, 1.82) is 0 Å². The Morgan fingerprint density at radius 1 is 1.47 bits per heavy atom. The molecule has 0 radical (unpaired) electrons. The SMILES string of the molecule is NCCC1(CSc2ccc(Cl)cn2)CC1. The quantitative estimate of drug-likeness (QED) is 0.807. The first-order valence-electron chi connectivity index (χ1n) is 5.19. The van der Waals surface area contributed by atoms with Crippen LogP contribution in [0.15, 0.2) is 23.4 Å². The Kier molecular flexibility index (Phi) is 3.54. The summed E-state index contributed by atoms with van der Waals surface area (Å²) in [5, 5.41) is 1.75. The van der Waals surface area contributed by atoms with Gasteiger partial charge in [-0.1, -0.05) is 11.6 Å². The lowest BCUT2D eigenvalue weighted by atomic mass is 10.1. The van der Waals surface area contributed by atoms with E-state index in [2.05, 4.69) is 4.98 Å². The highest BCUT2D eigenvalue weighted by molar-refractivity contribution is 7.99. The minimum Gasteiger partial charge on any atom is -0.330 e. The fraction of sp³-hybridized carbons (Fsp3) is 0.545. The van der Waals surface area contributed by atoms with Crippen molar-refractivity contribution < 1.29 is 0 Å². The van der Waals surface area contributed by atoms with Crippen LogP contribution in [0.3, 0.4) is 0 Å². The molecule has 1 aliphatic carbocycles. The maximum Gasteiger partial charge on any atom is 0.0961 e.